The molecular formula is C17H23NO4. The molecule has 2 atom stereocenters. The van der Waals surface area contributed by atoms with Gasteiger partial charge in [0, 0.05) is 13.0 Å². The van der Waals surface area contributed by atoms with Crippen molar-refractivity contribution >= 4 is 11.9 Å². The number of carboxylic acid groups (broad SMARTS) is 1. The van der Waals surface area contributed by atoms with Gasteiger partial charge in [-0.05, 0) is 31.2 Å². The van der Waals surface area contributed by atoms with Crippen molar-refractivity contribution < 1.29 is 19.4 Å². The molecule has 2 N–H and O–H groups in total. The van der Waals surface area contributed by atoms with E-state index in [-0.39, 0.29) is 24.9 Å². The topological polar surface area (TPSA) is 75.6 Å². The second-order valence-electron chi connectivity index (χ2n) is 5.65. The van der Waals surface area contributed by atoms with E-state index in [1.807, 2.05) is 6.07 Å². The first-order chi connectivity index (χ1) is 10.6. The minimum Gasteiger partial charge on any atom is -0.479 e. The lowest BCUT2D eigenvalue weighted by Crippen LogP contribution is -2.51. The number of amides is 1. The average molecular weight is 305 g/mol. The Hall–Kier alpha value is -1.88. The van der Waals surface area contributed by atoms with Gasteiger partial charge < -0.3 is 15.2 Å². The highest BCUT2D eigenvalue weighted by molar-refractivity contribution is 5.88. The fourth-order valence-corrected chi connectivity index (χ4v) is 2.88. The fraction of sp³-hybridized carbons (Fsp3) is 0.529. The van der Waals surface area contributed by atoms with Crippen LogP contribution in [0.25, 0.3) is 0 Å². The minimum absolute atomic E-state index is 0.128. The highest BCUT2D eigenvalue weighted by atomic mass is 16.5. The maximum Gasteiger partial charge on any atom is 0.334 e. The number of rotatable bonds is 7. The Morgan fingerprint density at radius 1 is 1.36 bits per heavy atom. The van der Waals surface area contributed by atoms with E-state index in [4.69, 9.17) is 4.74 Å². The van der Waals surface area contributed by atoms with Crippen LogP contribution in [0.4, 0.5) is 0 Å². The van der Waals surface area contributed by atoms with Gasteiger partial charge in [-0.25, -0.2) is 4.79 Å². The Labute approximate surface area is 130 Å². The number of aliphatic carboxylic acids is 1. The second-order valence-corrected chi connectivity index (χ2v) is 5.65. The van der Waals surface area contributed by atoms with Crippen LogP contribution in [0, 0.1) is 0 Å². The van der Waals surface area contributed by atoms with Gasteiger partial charge in [-0.2, -0.15) is 0 Å². The molecular weight excluding hydrogens is 282 g/mol. The maximum atomic E-state index is 12.2. The molecule has 1 aliphatic rings. The third kappa shape index (κ3) is 3.65. The summed E-state index contributed by atoms with van der Waals surface area (Å²) in [6.45, 7) is 2.52. The lowest BCUT2D eigenvalue weighted by atomic mass is 9.87. The summed E-state index contributed by atoms with van der Waals surface area (Å²) in [5.41, 5.74) is -0.773. The van der Waals surface area contributed by atoms with E-state index in [2.05, 4.69) is 5.32 Å². The highest BCUT2D eigenvalue weighted by Gasteiger charge is 2.40. The van der Waals surface area contributed by atoms with Gasteiger partial charge in [-0.1, -0.05) is 37.3 Å². The van der Waals surface area contributed by atoms with Crippen LogP contribution in [-0.2, 0) is 19.9 Å². The third-order valence-electron chi connectivity index (χ3n) is 4.23. The molecule has 1 saturated heterocycles. The largest absolute Gasteiger partial charge is 0.479 e. The van der Waals surface area contributed by atoms with Gasteiger partial charge in [-0.3, -0.25) is 4.79 Å². The molecule has 1 aromatic carbocycles. The molecule has 2 rings (SSSR count). The first kappa shape index (κ1) is 16.5. The number of benzene rings is 1. The Morgan fingerprint density at radius 3 is 2.64 bits per heavy atom. The van der Waals surface area contributed by atoms with Crippen molar-refractivity contribution in [3.05, 3.63) is 35.9 Å². The smallest absolute Gasteiger partial charge is 0.334 e. The molecule has 0 radical (unpaired) electrons. The van der Waals surface area contributed by atoms with Gasteiger partial charge in [0.05, 0.1) is 6.10 Å². The van der Waals surface area contributed by atoms with Crippen molar-refractivity contribution in [1.82, 2.24) is 5.32 Å². The summed E-state index contributed by atoms with van der Waals surface area (Å²) in [4.78, 5) is 24.0. The molecule has 1 aromatic rings. The number of carboxylic acids is 1. The lowest BCUT2D eigenvalue weighted by Gasteiger charge is -2.30. The fourth-order valence-electron chi connectivity index (χ4n) is 2.88. The van der Waals surface area contributed by atoms with E-state index >= 15 is 0 Å². The van der Waals surface area contributed by atoms with E-state index in [0.29, 0.717) is 12.0 Å². The lowest BCUT2D eigenvalue weighted by molar-refractivity contribution is -0.148. The average Bonchev–Trinajstić information content (AvgIpc) is 3.04. The van der Waals surface area contributed by atoms with Crippen molar-refractivity contribution in [3.8, 4) is 0 Å². The number of nitrogens with one attached hydrogen (secondary N) is 1. The van der Waals surface area contributed by atoms with E-state index in [0.717, 1.165) is 19.4 Å². The van der Waals surface area contributed by atoms with Crippen molar-refractivity contribution in [2.45, 2.75) is 50.7 Å². The van der Waals surface area contributed by atoms with Crippen LogP contribution in [-0.4, -0.2) is 29.7 Å². The summed E-state index contributed by atoms with van der Waals surface area (Å²) in [6, 6.07) is 8.85. The molecule has 1 amide bonds. The molecule has 1 aliphatic heterocycles. The van der Waals surface area contributed by atoms with Crippen LogP contribution < -0.4 is 5.32 Å². The van der Waals surface area contributed by atoms with E-state index in [1.54, 1.807) is 31.2 Å². The quantitative estimate of drug-likeness (QED) is 0.811. The van der Waals surface area contributed by atoms with Gasteiger partial charge in [0.15, 0.2) is 5.54 Å². The monoisotopic (exact) mass is 305 g/mol. The van der Waals surface area contributed by atoms with Crippen molar-refractivity contribution in [2.24, 2.45) is 0 Å². The summed E-state index contributed by atoms with van der Waals surface area (Å²) >= 11 is 0. The minimum atomic E-state index is -1.37. The summed E-state index contributed by atoms with van der Waals surface area (Å²) in [6.07, 6.45) is 3.35. The molecule has 0 aliphatic carbocycles. The normalized spacial score (nSPS) is 20.3. The first-order valence-corrected chi connectivity index (χ1v) is 7.80. The Bertz CT molecular complexity index is 511. The van der Waals surface area contributed by atoms with Crippen molar-refractivity contribution in [2.75, 3.05) is 6.61 Å². The molecule has 1 fully saturated rings. The zero-order valence-electron chi connectivity index (χ0n) is 12.9. The van der Waals surface area contributed by atoms with Crippen LogP contribution in [0.2, 0.25) is 0 Å². The van der Waals surface area contributed by atoms with E-state index < -0.39 is 11.5 Å². The summed E-state index contributed by atoms with van der Waals surface area (Å²) < 4.78 is 5.50. The Balaban J connectivity index is 2.06. The predicted octanol–water partition coefficient (Wildman–Crippen LogP) is 2.45. The number of carbonyl (C=O) groups is 2. The molecule has 22 heavy (non-hydrogen) atoms. The van der Waals surface area contributed by atoms with Crippen molar-refractivity contribution in [1.29, 1.82) is 0 Å². The van der Waals surface area contributed by atoms with E-state index in [1.165, 1.54) is 0 Å². The molecule has 0 spiro atoms. The van der Waals surface area contributed by atoms with Gasteiger partial charge in [0.25, 0.3) is 0 Å². The Morgan fingerprint density at radius 2 is 2.09 bits per heavy atom. The SMILES string of the molecule is CCC(NC(=O)CCC1CCCO1)(C(=O)O)c1ccccc1. The van der Waals surface area contributed by atoms with Crippen molar-refractivity contribution in [3.63, 3.8) is 0 Å². The standard InChI is InChI=1S/C17H23NO4/c1-2-17(16(20)21,13-7-4-3-5-8-13)18-15(19)11-10-14-9-6-12-22-14/h3-5,7-8,14H,2,6,9-12H2,1H3,(H,18,19)(H,20,21). The van der Waals surface area contributed by atoms with Crippen LogP contribution in [0.5, 0.6) is 0 Å². The maximum absolute atomic E-state index is 12.2. The second kappa shape index (κ2) is 7.40. The highest BCUT2D eigenvalue weighted by Crippen LogP contribution is 2.26. The summed E-state index contributed by atoms with van der Waals surface area (Å²) in [5.74, 6) is -1.28. The molecule has 0 bridgehead atoms. The van der Waals surface area contributed by atoms with Crippen LogP contribution in [0.1, 0.15) is 44.6 Å². The number of carbonyl (C=O) groups excluding carboxylic acids is 1. The van der Waals surface area contributed by atoms with Crippen LogP contribution in [0.3, 0.4) is 0 Å². The molecule has 2 unspecified atom stereocenters. The third-order valence-corrected chi connectivity index (χ3v) is 4.23. The zero-order valence-corrected chi connectivity index (χ0v) is 12.9. The molecule has 0 aromatic heterocycles. The van der Waals surface area contributed by atoms with Crippen LogP contribution >= 0.6 is 0 Å². The van der Waals surface area contributed by atoms with Crippen LogP contribution in [0.15, 0.2) is 30.3 Å². The summed E-state index contributed by atoms with van der Waals surface area (Å²) in [7, 11) is 0. The number of ether oxygens (including phenoxy) is 1. The molecule has 0 saturated carbocycles. The number of hydrogen-bond acceptors (Lipinski definition) is 3. The summed E-state index contributed by atoms with van der Waals surface area (Å²) in [5, 5.41) is 12.4. The van der Waals surface area contributed by atoms with E-state index in [9.17, 15) is 14.7 Å². The molecule has 1 heterocycles. The van der Waals surface area contributed by atoms with Gasteiger partial charge >= 0.3 is 5.97 Å². The zero-order chi connectivity index (χ0) is 16.0. The first-order valence-electron chi connectivity index (χ1n) is 7.80. The Kier molecular flexibility index (Phi) is 5.55. The molecule has 5 nitrogen and oxygen atoms in total. The molecule has 5 heteroatoms. The number of hydrogen-bond donors (Lipinski definition) is 2. The predicted molar refractivity (Wildman–Crippen MR) is 82.4 cm³/mol. The van der Waals surface area contributed by atoms with Gasteiger partial charge in [0.2, 0.25) is 5.91 Å². The molecule has 120 valence electrons. The van der Waals surface area contributed by atoms with Gasteiger partial charge in [0.1, 0.15) is 0 Å². The van der Waals surface area contributed by atoms with Gasteiger partial charge in [-0.15, -0.1) is 0 Å².